The van der Waals surface area contributed by atoms with Crippen LogP contribution < -0.4 is 14.6 Å². The van der Waals surface area contributed by atoms with Gasteiger partial charge < -0.3 is 24.2 Å². The van der Waals surface area contributed by atoms with Gasteiger partial charge in [-0.2, -0.15) is 8.42 Å². The summed E-state index contributed by atoms with van der Waals surface area (Å²) in [5.74, 6) is -0.653. The van der Waals surface area contributed by atoms with Gasteiger partial charge in [-0.25, -0.2) is 8.42 Å². The molecule has 0 aromatic heterocycles. The number of rotatable bonds is 26. The quantitative estimate of drug-likeness (QED) is 0.0351. The molecule has 4 rings (SSSR count). The molecule has 0 saturated heterocycles. The second-order valence-corrected chi connectivity index (χ2v) is 17.4. The van der Waals surface area contributed by atoms with Crippen molar-refractivity contribution in [1.82, 2.24) is 0 Å². The van der Waals surface area contributed by atoms with Gasteiger partial charge in [0, 0.05) is 0 Å². The summed E-state index contributed by atoms with van der Waals surface area (Å²) in [6, 6.07) is 23.0. The van der Waals surface area contributed by atoms with E-state index in [2.05, 4.69) is 13.8 Å². The van der Waals surface area contributed by atoms with Gasteiger partial charge in [-0.3, -0.25) is 4.55 Å². The average molecular weight is 879 g/mol. The van der Waals surface area contributed by atoms with Crippen LogP contribution in [0, 0.1) is 0 Å². The van der Waals surface area contributed by atoms with E-state index in [0.717, 1.165) is 44.6 Å². The molecule has 0 aliphatic rings. The van der Waals surface area contributed by atoms with Crippen LogP contribution in [0.25, 0.3) is 0 Å². The fourth-order valence-corrected chi connectivity index (χ4v) is 8.20. The van der Waals surface area contributed by atoms with E-state index in [1.54, 1.807) is 66.7 Å². The van der Waals surface area contributed by atoms with Crippen LogP contribution in [0.2, 0.25) is 0 Å². The molecule has 59 heavy (non-hydrogen) atoms. The van der Waals surface area contributed by atoms with Crippen molar-refractivity contribution in [3.63, 3.8) is 0 Å². The van der Waals surface area contributed by atoms with E-state index in [9.17, 15) is 36.2 Å². The van der Waals surface area contributed by atoms with Crippen molar-refractivity contribution in [2.24, 2.45) is 0 Å². The van der Waals surface area contributed by atoms with Crippen LogP contribution in [-0.4, -0.2) is 68.8 Å². The Morgan fingerprint density at radius 1 is 0.508 bits per heavy atom. The predicted molar refractivity (Wildman–Crippen MR) is 232 cm³/mol. The number of aromatic hydroxyl groups is 1. The van der Waals surface area contributed by atoms with E-state index in [-0.39, 0.29) is 49.2 Å². The first-order valence-corrected chi connectivity index (χ1v) is 23.8. The van der Waals surface area contributed by atoms with Crippen molar-refractivity contribution in [3.05, 3.63) is 96.1 Å². The van der Waals surface area contributed by atoms with E-state index < -0.39 is 41.5 Å². The Kier molecular flexibility index (Phi) is 25.4. The van der Waals surface area contributed by atoms with Gasteiger partial charge in [0.05, 0.1) is 4.90 Å². The number of benzene rings is 4. The Labute approximate surface area is 383 Å². The summed E-state index contributed by atoms with van der Waals surface area (Å²) >= 11 is 0. The molecule has 0 heterocycles. The SMILES string of the molecule is CCCCCCCCCCCc1ccc(O)c(S(=O)(=O)O)c1Oc1ccccc1.CCCCCCCCCCCc1ccc([O-])c(S(=O)(=O)[O-])c1Oc1ccccc1.[Ca+2]. The van der Waals surface area contributed by atoms with Gasteiger partial charge in [0.2, 0.25) is 0 Å². The largest absolute Gasteiger partial charge is 2.00 e. The standard InChI is InChI=1S/2C23H32O5S.Ca/c2*1-2-3-4-5-6-7-8-9-11-14-19-17-18-21(24)23(29(25,26)27)22(19)28-20-15-12-10-13-16-20;/h2*10,12-13,15-18,24H,2-9,11,14H2,1H3,(H,25,26,27);/q;;+2/p-2. The molecule has 0 saturated carbocycles. The molecule has 10 nitrogen and oxygen atoms in total. The fraction of sp³-hybridized carbons (Fsp3) is 0.478. The molecule has 0 spiro atoms. The number of phenolic OH excluding ortho intramolecular Hbond substituents is 1. The second-order valence-electron chi connectivity index (χ2n) is 14.7. The Morgan fingerprint density at radius 3 is 1.24 bits per heavy atom. The number of hydrogen-bond donors (Lipinski definition) is 2. The third-order valence-corrected chi connectivity index (χ3v) is 11.7. The smallest absolute Gasteiger partial charge is 0.872 e. The van der Waals surface area contributed by atoms with Crippen LogP contribution in [0.15, 0.2) is 94.7 Å². The summed E-state index contributed by atoms with van der Waals surface area (Å²) in [4.78, 5) is -1.37. The Bertz CT molecular complexity index is 1850. The third-order valence-electron chi connectivity index (χ3n) is 9.86. The number of phenols is 1. The van der Waals surface area contributed by atoms with Crippen LogP contribution in [0.5, 0.6) is 34.5 Å². The molecule has 0 bridgehead atoms. The molecule has 4 aromatic carbocycles. The van der Waals surface area contributed by atoms with Crippen LogP contribution in [0.1, 0.15) is 141 Å². The molecule has 0 unspecified atom stereocenters. The molecule has 0 aliphatic carbocycles. The minimum Gasteiger partial charge on any atom is -0.872 e. The van der Waals surface area contributed by atoms with Gasteiger partial charge >= 0.3 is 47.9 Å². The molecule has 2 N–H and O–H groups in total. The molecule has 0 aliphatic heterocycles. The van der Waals surface area contributed by atoms with Gasteiger partial charge in [-0.05, 0) is 67.1 Å². The average Bonchev–Trinajstić information content (AvgIpc) is 3.18. The maximum atomic E-state index is 12.1. The molecule has 4 aromatic rings. The van der Waals surface area contributed by atoms with Crippen LogP contribution >= 0.6 is 0 Å². The topological polar surface area (TPSA) is 173 Å². The van der Waals surface area contributed by atoms with E-state index >= 15 is 0 Å². The minimum atomic E-state index is -4.94. The molecule has 320 valence electrons. The monoisotopic (exact) mass is 878 g/mol. The number of para-hydroxylation sites is 2. The summed E-state index contributed by atoms with van der Waals surface area (Å²) in [7, 11) is -9.58. The Balaban J connectivity index is 0.000000400. The van der Waals surface area contributed by atoms with Gasteiger partial charge in [-0.15, -0.1) is 0 Å². The summed E-state index contributed by atoms with van der Waals surface area (Å²) in [5.41, 5.74) is 1.23. The van der Waals surface area contributed by atoms with Gasteiger partial charge in [0.15, 0.2) is 10.6 Å². The number of ether oxygens (including phenoxy) is 2. The number of unbranched alkanes of at least 4 members (excludes halogenated alkanes) is 16. The number of aryl methyl sites for hydroxylation is 2. The minimum absolute atomic E-state index is 0. The third kappa shape index (κ3) is 19.6. The Morgan fingerprint density at radius 2 is 0.864 bits per heavy atom. The van der Waals surface area contributed by atoms with E-state index in [4.69, 9.17) is 9.47 Å². The van der Waals surface area contributed by atoms with Gasteiger partial charge in [0.1, 0.15) is 33.1 Å². The summed E-state index contributed by atoms with van der Waals surface area (Å²) in [5, 5.41) is 22.1. The Hall–Kier alpha value is -2.84. The second kappa shape index (κ2) is 28.6. The van der Waals surface area contributed by atoms with Crippen molar-refractivity contribution in [1.29, 1.82) is 0 Å². The molecule has 0 radical (unpaired) electrons. The first kappa shape index (κ1) is 52.3. The van der Waals surface area contributed by atoms with Crippen LogP contribution in [-0.2, 0) is 33.1 Å². The van der Waals surface area contributed by atoms with E-state index in [1.807, 2.05) is 6.07 Å². The van der Waals surface area contributed by atoms with Crippen molar-refractivity contribution in [3.8, 4) is 34.5 Å². The summed E-state index contributed by atoms with van der Waals surface area (Å²) < 4.78 is 79.9. The van der Waals surface area contributed by atoms with E-state index in [1.165, 1.54) is 83.1 Å². The van der Waals surface area contributed by atoms with Crippen LogP contribution in [0.4, 0.5) is 0 Å². The normalized spacial score (nSPS) is 11.3. The van der Waals surface area contributed by atoms with Crippen molar-refractivity contribution < 1.29 is 45.6 Å². The zero-order chi connectivity index (χ0) is 42.2. The molecular weight excluding hydrogens is 817 g/mol. The molecule has 0 atom stereocenters. The van der Waals surface area contributed by atoms with Crippen molar-refractivity contribution >= 4 is 58.0 Å². The zero-order valence-corrected chi connectivity index (χ0v) is 38.8. The van der Waals surface area contributed by atoms with Gasteiger partial charge in [-0.1, -0.05) is 177 Å². The van der Waals surface area contributed by atoms with Crippen LogP contribution in [0.3, 0.4) is 0 Å². The zero-order valence-electron chi connectivity index (χ0n) is 34.9. The molecule has 0 amide bonds. The van der Waals surface area contributed by atoms with Gasteiger partial charge in [0.25, 0.3) is 0 Å². The first-order valence-electron chi connectivity index (χ1n) is 20.9. The summed E-state index contributed by atoms with van der Waals surface area (Å²) in [6.07, 6.45) is 22.4. The molecule has 0 fully saturated rings. The van der Waals surface area contributed by atoms with Crippen molar-refractivity contribution in [2.75, 3.05) is 0 Å². The first-order chi connectivity index (χ1) is 27.9. The molecular formula is C46H62CaO10S2. The maximum absolute atomic E-state index is 12.1. The summed E-state index contributed by atoms with van der Waals surface area (Å²) in [6.45, 7) is 4.42. The number of hydrogen-bond acceptors (Lipinski definition) is 9. The molecule has 13 heteroatoms. The van der Waals surface area contributed by atoms with Crippen molar-refractivity contribution in [2.45, 2.75) is 152 Å². The van der Waals surface area contributed by atoms with E-state index in [0.29, 0.717) is 35.5 Å². The maximum Gasteiger partial charge on any atom is 2.00 e. The predicted octanol–water partition coefficient (Wildman–Crippen LogP) is 11.7. The fourth-order valence-electron chi connectivity index (χ4n) is 6.75.